The van der Waals surface area contributed by atoms with Gasteiger partial charge in [0.15, 0.2) is 0 Å². The fraction of sp³-hybridized carbons (Fsp3) is 0.250. The average Bonchev–Trinajstić information content (AvgIpc) is 3.36. The summed E-state index contributed by atoms with van der Waals surface area (Å²) < 4.78 is 16.4. The molecule has 0 amide bonds. The van der Waals surface area contributed by atoms with Gasteiger partial charge in [0.25, 0.3) is 0 Å². The van der Waals surface area contributed by atoms with Gasteiger partial charge in [-0.25, -0.2) is 4.39 Å². The topological polar surface area (TPSA) is 131 Å². The number of hydrogen-bond donors (Lipinski definition) is 7. The molecular formula is C36H43FN6O2. The molecule has 0 aliphatic heterocycles. The van der Waals surface area contributed by atoms with Gasteiger partial charge in [-0.2, -0.15) is 0 Å². The van der Waals surface area contributed by atoms with Gasteiger partial charge in [-0.1, -0.05) is 75.5 Å². The van der Waals surface area contributed by atoms with Crippen molar-refractivity contribution in [3.63, 3.8) is 0 Å². The van der Waals surface area contributed by atoms with Gasteiger partial charge in [0.2, 0.25) is 5.96 Å². The van der Waals surface area contributed by atoms with Crippen molar-refractivity contribution >= 4 is 17.3 Å². The number of nitrogens with two attached hydrogens (primary N) is 1. The largest absolute Gasteiger partial charge is 0.393 e. The second kappa shape index (κ2) is 15.2. The maximum absolute atomic E-state index is 14.1. The Hall–Kier alpha value is -4.86. The van der Waals surface area contributed by atoms with Crippen molar-refractivity contribution in [2.24, 2.45) is 5.73 Å². The lowest BCUT2D eigenvalue weighted by Crippen LogP contribution is -2.41. The van der Waals surface area contributed by atoms with E-state index in [1.165, 1.54) is 12.1 Å². The highest BCUT2D eigenvalue weighted by Gasteiger charge is 2.28. The van der Waals surface area contributed by atoms with E-state index in [-0.39, 0.29) is 30.5 Å². The zero-order valence-corrected chi connectivity index (χ0v) is 25.9. The SMILES string of the molecule is C=C(C[C@H](O)C[C@H](O)CCn1c(-c2ccc(F)cc2)c(-c2ccccc2)c(C(=C)Nc2ccccc2)c1C(C)C)NNC(=N)N. The van der Waals surface area contributed by atoms with Crippen LogP contribution < -0.4 is 21.9 Å². The van der Waals surface area contributed by atoms with E-state index in [4.69, 9.17) is 11.1 Å². The third kappa shape index (κ3) is 8.62. The fourth-order valence-corrected chi connectivity index (χ4v) is 5.61. The first-order valence-corrected chi connectivity index (χ1v) is 15.0. The van der Waals surface area contributed by atoms with E-state index in [0.717, 1.165) is 45.0 Å². The Morgan fingerprint density at radius 1 is 0.889 bits per heavy atom. The Bertz CT molecular complexity index is 1600. The van der Waals surface area contributed by atoms with Crippen LogP contribution in [0.4, 0.5) is 10.1 Å². The van der Waals surface area contributed by atoms with Crippen LogP contribution in [0.3, 0.4) is 0 Å². The van der Waals surface area contributed by atoms with E-state index in [1.807, 2.05) is 48.5 Å². The molecule has 8 nitrogen and oxygen atoms in total. The summed E-state index contributed by atoms with van der Waals surface area (Å²) in [5.41, 5.74) is 18.1. The summed E-state index contributed by atoms with van der Waals surface area (Å²) in [6.07, 6.45) is -1.01. The van der Waals surface area contributed by atoms with Crippen LogP contribution in [0.1, 0.15) is 50.3 Å². The lowest BCUT2D eigenvalue weighted by molar-refractivity contribution is 0.0723. The van der Waals surface area contributed by atoms with Crippen LogP contribution in [0.5, 0.6) is 0 Å². The highest BCUT2D eigenvalue weighted by atomic mass is 19.1. The van der Waals surface area contributed by atoms with E-state index in [0.29, 0.717) is 18.7 Å². The van der Waals surface area contributed by atoms with Crippen LogP contribution in [0.2, 0.25) is 0 Å². The minimum Gasteiger partial charge on any atom is -0.393 e. The Morgan fingerprint density at radius 2 is 1.51 bits per heavy atom. The van der Waals surface area contributed by atoms with Gasteiger partial charge in [0.05, 0.1) is 17.9 Å². The third-order valence-corrected chi connectivity index (χ3v) is 7.49. The summed E-state index contributed by atoms with van der Waals surface area (Å²) in [5.74, 6) is -0.528. The maximum Gasteiger partial charge on any atom is 0.204 e. The van der Waals surface area contributed by atoms with E-state index in [9.17, 15) is 14.6 Å². The van der Waals surface area contributed by atoms with Gasteiger partial charge in [0.1, 0.15) is 5.82 Å². The number of guanidine groups is 1. The van der Waals surface area contributed by atoms with Crippen molar-refractivity contribution < 1.29 is 14.6 Å². The normalized spacial score (nSPS) is 12.4. The molecule has 236 valence electrons. The lowest BCUT2D eigenvalue weighted by Gasteiger charge is -2.21. The van der Waals surface area contributed by atoms with Crippen LogP contribution in [0.25, 0.3) is 28.1 Å². The number of hydrazine groups is 1. The molecule has 0 fully saturated rings. The van der Waals surface area contributed by atoms with Crippen molar-refractivity contribution in [1.82, 2.24) is 15.4 Å². The predicted molar refractivity (Wildman–Crippen MR) is 182 cm³/mol. The van der Waals surface area contributed by atoms with E-state index in [1.54, 1.807) is 12.1 Å². The summed E-state index contributed by atoms with van der Waals surface area (Å²) in [6.45, 7) is 13.0. The van der Waals surface area contributed by atoms with Crippen molar-refractivity contribution in [3.8, 4) is 22.4 Å². The molecule has 4 aromatic rings. The molecule has 0 spiro atoms. The highest BCUT2D eigenvalue weighted by molar-refractivity contribution is 5.95. The van der Waals surface area contributed by atoms with E-state index in [2.05, 4.69) is 59.9 Å². The predicted octanol–water partition coefficient (Wildman–Crippen LogP) is 6.56. The molecule has 9 heteroatoms. The number of nitrogens with one attached hydrogen (secondary N) is 4. The first kappa shape index (κ1) is 33.0. The molecule has 0 aliphatic rings. The average molecular weight is 611 g/mol. The molecule has 8 N–H and O–H groups in total. The standard InChI is InChI=1S/C36H43FN6O2/c1-23(2)34-32(25(4)40-29-13-9-6-10-14-29)33(26-11-7-5-8-12-26)35(27-15-17-28(37)18-16-27)43(34)20-19-30(44)22-31(45)21-24(3)41-42-36(38)39/h5-18,23,30-31,40-41,44-45H,3-4,19-22H2,1-2H3,(H4,38,39,42)/t30-,31+/m1/s1. The number of anilines is 1. The van der Waals surface area contributed by atoms with Crippen LogP contribution in [0, 0.1) is 11.2 Å². The number of aliphatic hydroxyl groups excluding tert-OH is 2. The summed E-state index contributed by atoms with van der Waals surface area (Å²) in [6, 6.07) is 26.4. The number of aromatic nitrogens is 1. The van der Waals surface area contributed by atoms with Crippen LogP contribution in [-0.2, 0) is 6.54 Å². The van der Waals surface area contributed by atoms with Crippen molar-refractivity contribution in [3.05, 3.63) is 121 Å². The number of para-hydroxylation sites is 1. The number of rotatable bonds is 15. The third-order valence-electron chi connectivity index (χ3n) is 7.49. The Morgan fingerprint density at radius 3 is 2.11 bits per heavy atom. The maximum atomic E-state index is 14.1. The van der Waals surface area contributed by atoms with Gasteiger partial charge in [-0.15, -0.1) is 0 Å². The molecule has 0 unspecified atom stereocenters. The molecular weight excluding hydrogens is 567 g/mol. The first-order chi connectivity index (χ1) is 21.5. The van der Waals surface area contributed by atoms with Gasteiger partial charge in [-0.3, -0.25) is 10.8 Å². The molecule has 0 radical (unpaired) electrons. The monoisotopic (exact) mass is 610 g/mol. The second-order valence-corrected chi connectivity index (χ2v) is 11.4. The summed E-state index contributed by atoms with van der Waals surface area (Å²) in [4.78, 5) is 0. The quantitative estimate of drug-likeness (QED) is 0.0464. The van der Waals surface area contributed by atoms with Gasteiger partial charge in [0, 0.05) is 46.9 Å². The summed E-state index contributed by atoms with van der Waals surface area (Å²) >= 11 is 0. The Labute approximate surface area is 264 Å². The molecule has 1 aromatic heterocycles. The Balaban J connectivity index is 1.76. The number of aliphatic hydroxyl groups is 2. The molecule has 0 saturated carbocycles. The molecule has 2 atom stereocenters. The fourth-order valence-electron chi connectivity index (χ4n) is 5.61. The Kier molecular flexibility index (Phi) is 11.2. The zero-order valence-electron chi connectivity index (χ0n) is 25.9. The minimum atomic E-state index is -0.857. The highest BCUT2D eigenvalue weighted by Crippen LogP contribution is 2.45. The molecule has 0 saturated heterocycles. The molecule has 0 bridgehead atoms. The van der Waals surface area contributed by atoms with Crippen LogP contribution in [0.15, 0.2) is 104 Å². The van der Waals surface area contributed by atoms with Crippen molar-refractivity contribution in [2.45, 2.75) is 57.8 Å². The van der Waals surface area contributed by atoms with Crippen LogP contribution in [-0.4, -0.2) is 32.9 Å². The lowest BCUT2D eigenvalue weighted by atomic mass is 9.93. The number of hydrogen-bond acceptors (Lipinski definition) is 5. The van der Waals surface area contributed by atoms with E-state index >= 15 is 0 Å². The second-order valence-electron chi connectivity index (χ2n) is 11.4. The number of benzene rings is 3. The molecule has 1 heterocycles. The summed E-state index contributed by atoms with van der Waals surface area (Å²) in [5, 5.41) is 32.4. The van der Waals surface area contributed by atoms with Gasteiger partial charge >= 0.3 is 0 Å². The molecule has 0 aliphatic carbocycles. The number of halogens is 1. The first-order valence-electron chi connectivity index (χ1n) is 15.0. The van der Waals surface area contributed by atoms with E-state index < -0.39 is 12.2 Å². The van der Waals surface area contributed by atoms with Gasteiger partial charge < -0.3 is 31.3 Å². The summed E-state index contributed by atoms with van der Waals surface area (Å²) in [7, 11) is 0. The van der Waals surface area contributed by atoms with Crippen molar-refractivity contribution in [2.75, 3.05) is 5.32 Å². The van der Waals surface area contributed by atoms with Gasteiger partial charge in [-0.05, 0) is 66.3 Å². The molecule has 45 heavy (non-hydrogen) atoms. The molecule has 3 aromatic carbocycles. The van der Waals surface area contributed by atoms with Crippen LogP contribution >= 0.6 is 0 Å². The zero-order chi connectivity index (χ0) is 32.5. The van der Waals surface area contributed by atoms with Crippen molar-refractivity contribution in [1.29, 1.82) is 5.41 Å². The minimum absolute atomic E-state index is 0.0666. The smallest absolute Gasteiger partial charge is 0.204 e. The molecule has 4 rings (SSSR count). The number of nitrogens with zero attached hydrogens (tertiary/aromatic N) is 1.